The number of aromatic nitrogens is 3. The van der Waals surface area contributed by atoms with E-state index in [4.69, 9.17) is 5.26 Å². The van der Waals surface area contributed by atoms with Gasteiger partial charge in [-0.05, 0) is 30.3 Å². The van der Waals surface area contributed by atoms with Crippen LogP contribution in [0.2, 0.25) is 0 Å². The zero-order chi connectivity index (χ0) is 13.1. The molecule has 2 heterocycles. The summed E-state index contributed by atoms with van der Waals surface area (Å²) in [5.74, 6) is 0. The number of rotatable bonds is 2. The van der Waals surface area contributed by atoms with Crippen molar-refractivity contribution in [3.63, 3.8) is 0 Å². The van der Waals surface area contributed by atoms with Gasteiger partial charge in [-0.3, -0.25) is 4.98 Å². The van der Waals surface area contributed by atoms with Crippen LogP contribution < -0.4 is 0 Å². The highest BCUT2D eigenvalue weighted by molar-refractivity contribution is 5.62. The lowest BCUT2D eigenvalue weighted by molar-refractivity contribution is 0.881. The minimum absolute atomic E-state index is 0.649. The number of nitrogens with zero attached hydrogens (tertiary/aromatic N) is 4. The summed E-state index contributed by atoms with van der Waals surface area (Å²) in [5.41, 5.74) is 3.54. The largest absolute Gasteiger partial charge is 0.262 e. The number of hydrogen-bond donors (Lipinski definition) is 0. The molecule has 0 unspecified atom stereocenters. The molecule has 19 heavy (non-hydrogen) atoms. The Morgan fingerprint density at radius 1 is 1.00 bits per heavy atom. The van der Waals surface area contributed by atoms with Crippen LogP contribution in [0.15, 0.2) is 61.1 Å². The quantitative estimate of drug-likeness (QED) is 0.698. The Balaban J connectivity index is 2.07. The summed E-state index contributed by atoms with van der Waals surface area (Å²) in [6.45, 7) is 0. The highest BCUT2D eigenvalue weighted by Gasteiger charge is 2.07. The first-order valence-electron chi connectivity index (χ1n) is 5.83. The third-order valence-electron chi connectivity index (χ3n) is 2.84. The van der Waals surface area contributed by atoms with Crippen molar-refractivity contribution >= 4 is 0 Å². The van der Waals surface area contributed by atoms with Gasteiger partial charge in [0.15, 0.2) is 0 Å². The molecule has 3 aromatic rings. The minimum Gasteiger partial charge on any atom is -0.262 e. The molecule has 3 rings (SSSR count). The third kappa shape index (κ3) is 2.09. The van der Waals surface area contributed by atoms with Gasteiger partial charge in [0.05, 0.1) is 35.4 Å². The summed E-state index contributed by atoms with van der Waals surface area (Å²) in [6.07, 6.45) is 5.25. The lowest BCUT2D eigenvalue weighted by atomic mass is 10.1. The molecular weight excluding hydrogens is 236 g/mol. The van der Waals surface area contributed by atoms with Crippen molar-refractivity contribution in [2.24, 2.45) is 0 Å². The van der Waals surface area contributed by atoms with Crippen LogP contribution in [0.4, 0.5) is 0 Å². The summed E-state index contributed by atoms with van der Waals surface area (Å²) in [6, 6.07) is 15.3. The van der Waals surface area contributed by atoms with Crippen molar-refractivity contribution in [1.82, 2.24) is 14.8 Å². The van der Waals surface area contributed by atoms with Gasteiger partial charge < -0.3 is 0 Å². The zero-order valence-corrected chi connectivity index (χ0v) is 10.1. The fraction of sp³-hybridized carbons (Fsp3) is 0. The first kappa shape index (κ1) is 11.2. The second-order valence-corrected chi connectivity index (χ2v) is 4.03. The van der Waals surface area contributed by atoms with Crippen LogP contribution in [-0.4, -0.2) is 14.8 Å². The molecule has 90 valence electrons. The summed E-state index contributed by atoms with van der Waals surface area (Å²) in [7, 11) is 0. The van der Waals surface area contributed by atoms with E-state index in [9.17, 15) is 0 Å². The number of pyridine rings is 1. The molecule has 0 aliphatic heterocycles. The molecule has 2 aromatic heterocycles. The fourth-order valence-corrected chi connectivity index (χ4v) is 1.92. The Kier molecular flexibility index (Phi) is 2.79. The molecular formula is C15H10N4. The van der Waals surface area contributed by atoms with Crippen molar-refractivity contribution in [2.75, 3.05) is 0 Å². The first-order chi connectivity index (χ1) is 9.38. The molecule has 1 aromatic carbocycles. The molecule has 0 radical (unpaired) electrons. The van der Waals surface area contributed by atoms with Crippen molar-refractivity contribution in [3.05, 3.63) is 66.6 Å². The highest BCUT2D eigenvalue weighted by Crippen LogP contribution is 2.22. The average Bonchev–Trinajstić information content (AvgIpc) is 2.98. The molecule has 0 fully saturated rings. The van der Waals surface area contributed by atoms with Crippen LogP contribution in [0.3, 0.4) is 0 Å². The van der Waals surface area contributed by atoms with E-state index in [-0.39, 0.29) is 0 Å². The van der Waals surface area contributed by atoms with Crippen LogP contribution in [0.5, 0.6) is 0 Å². The second-order valence-electron chi connectivity index (χ2n) is 4.03. The molecule has 0 atom stereocenters. The fourth-order valence-electron chi connectivity index (χ4n) is 1.92. The van der Waals surface area contributed by atoms with Crippen molar-refractivity contribution in [3.8, 4) is 23.0 Å². The lowest BCUT2D eigenvalue weighted by Gasteiger charge is -2.07. The summed E-state index contributed by atoms with van der Waals surface area (Å²) >= 11 is 0. The average molecular weight is 246 g/mol. The minimum atomic E-state index is 0.649. The predicted octanol–water partition coefficient (Wildman–Crippen LogP) is 2.81. The van der Waals surface area contributed by atoms with E-state index < -0.39 is 0 Å². The summed E-state index contributed by atoms with van der Waals surface area (Å²) < 4.78 is 1.83. The van der Waals surface area contributed by atoms with Gasteiger partial charge in [-0.2, -0.15) is 10.4 Å². The second kappa shape index (κ2) is 4.75. The Labute approximate surface area is 110 Å². The Morgan fingerprint density at radius 3 is 2.53 bits per heavy atom. The van der Waals surface area contributed by atoms with E-state index in [1.165, 1.54) is 0 Å². The van der Waals surface area contributed by atoms with Gasteiger partial charge in [-0.15, -0.1) is 0 Å². The van der Waals surface area contributed by atoms with Gasteiger partial charge in [0.25, 0.3) is 0 Å². The van der Waals surface area contributed by atoms with Gasteiger partial charge >= 0.3 is 0 Å². The topological polar surface area (TPSA) is 54.5 Å². The molecule has 0 spiro atoms. The molecule has 0 bridgehead atoms. The maximum Gasteiger partial charge on any atom is 0.0991 e. The van der Waals surface area contributed by atoms with Crippen LogP contribution in [0, 0.1) is 11.3 Å². The molecule has 0 saturated carbocycles. The van der Waals surface area contributed by atoms with E-state index in [0.717, 1.165) is 16.9 Å². The molecule has 0 saturated heterocycles. The first-order valence-corrected chi connectivity index (χ1v) is 5.83. The summed E-state index contributed by atoms with van der Waals surface area (Å²) in [5, 5.41) is 13.1. The standard InChI is InChI=1S/C15H10N4/c16-10-12-3-5-13(6-4-12)15-7-9-18-19(15)14-2-1-8-17-11-14/h1-9,11H. The molecule has 4 heteroatoms. The Morgan fingerprint density at radius 2 is 1.84 bits per heavy atom. The van der Waals surface area contributed by atoms with E-state index in [1.54, 1.807) is 30.7 Å². The van der Waals surface area contributed by atoms with E-state index in [0.29, 0.717) is 5.56 Å². The molecule has 0 amide bonds. The Hall–Kier alpha value is -2.93. The van der Waals surface area contributed by atoms with Gasteiger partial charge in [0.2, 0.25) is 0 Å². The zero-order valence-electron chi connectivity index (χ0n) is 10.1. The molecule has 0 aliphatic rings. The lowest BCUT2D eigenvalue weighted by Crippen LogP contribution is -1.99. The molecule has 0 N–H and O–H groups in total. The highest BCUT2D eigenvalue weighted by atomic mass is 15.3. The SMILES string of the molecule is N#Cc1ccc(-c2ccnn2-c2cccnc2)cc1. The van der Waals surface area contributed by atoms with Gasteiger partial charge in [-0.1, -0.05) is 12.1 Å². The van der Waals surface area contributed by atoms with Gasteiger partial charge in [0, 0.05) is 11.8 Å². The summed E-state index contributed by atoms with van der Waals surface area (Å²) in [4.78, 5) is 4.10. The van der Waals surface area contributed by atoms with Gasteiger partial charge in [0.1, 0.15) is 0 Å². The van der Waals surface area contributed by atoms with Crippen LogP contribution in [-0.2, 0) is 0 Å². The van der Waals surface area contributed by atoms with Gasteiger partial charge in [-0.25, -0.2) is 4.68 Å². The third-order valence-corrected chi connectivity index (χ3v) is 2.84. The van der Waals surface area contributed by atoms with E-state index >= 15 is 0 Å². The molecule has 0 aliphatic carbocycles. The van der Waals surface area contributed by atoms with Crippen molar-refractivity contribution in [2.45, 2.75) is 0 Å². The maximum absolute atomic E-state index is 8.82. The number of hydrogen-bond acceptors (Lipinski definition) is 3. The van der Waals surface area contributed by atoms with Crippen molar-refractivity contribution in [1.29, 1.82) is 5.26 Å². The smallest absolute Gasteiger partial charge is 0.0991 e. The van der Waals surface area contributed by atoms with Crippen LogP contribution in [0.25, 0.3) is 16.9 Å². The number of nitriles is 1. The van der Waals surface area contributed by atoms with E-state index in [2.05, 4.69) is 16.2 Å². The Bertz CT molecular complexity index is 721. The predicted molar refractivity (Wildman–Crippen MR) is 71.5 cm³/mol. The van der Waals surface area contributed by atoms with Crippen molar-refractivity contribution < 1.29 is 0 Å². The normalized spacial score (nSPS) is 10.1. The number of benzene rings is 1. The van der Waals surface area contributed by atoms with Crippen LogP contribution >= 0.6 is 0 Å². The van der Waals surface area contributed by atoms with Crippen LogP contribution in [0.1, 0.15) is 5.56 Å². The molecule has 4 nitrogen and oxygen atoms in total. The maximum atomic E-state index is 8.82. The monoisotopic (exact) mass is 246 g/mol. The van der Waals surface area contributed by atoms with E-state index in [1.807, 2.05) is 35.0 Å².